The van der Waals surface area contributed by atoms with Crippen LogP contribution in [0.15, 0.2) is 30.9 Å². The summed E-state index contributed by atoms with van der Waals surface area (Å²) in [6.07, 6.45) is 4.43. The fourth-order valence-corrected chi connectivity index (χ4v) is 1.87. The van der Waals surface area contributed by atoms with Crippen molar-refractivity contribution >= 4 is 11.4 Å². The summed E-state index contributed by atoms with van der Waals surface area (Å²) < 4.78 is 7.15. The van der Waals surface area contributed by atoms with Crippen molar-refractivity contribution in [1.29, 1.82) is 0 Å². The molecule has 0 aliphatic rings. The Bertz CT molecular complexity index is 595. The lowest BCUT2D eigenvalue weighted by Crippen LogP contribution is -2.34. The highest BCUT2D eigenvalue weighted by Crippen LogP contribution is 2.06. The summed E-state index contributed by atoms with van der Waals surface area (Å²) >= 11 is 0. The van der Waals surface area contributed by atoms with Crippen molar-refractivity contribution in [3.8, 4) is 0 Å². The third-order valence-corrected chi connectivity index (χ3v) is 2.94. The Labute approximate surface area is 123 Å². The second-order valence-corrected chi connectivity index (χ2v) is 5.44. The molecule has 1 amide bonds. The Kier molecular flexibility index (Phi) is 5.30. The van der Waals surface area contributed by atoms with Gasteiger partial charge >= 0.3 is 0 Å². The minimum absolute atomic E-state index is 0.168. The number of ether oxygens (including phenoxy) is 1. The number of nitrogens with zero attached hydrogens (tertiary/aromatic N) is 2. The number of aliphatic hydroxyl groups is 1. The molecule has 0 aliphatic heterocycles. The molecule has 0 spiro atoms. The topological polar surface area (TPSA) is 75.9 Å². The van der Waals surface area contributed by atoms with Crippen LogP contribution >= 0.6 is 0 Å². The minimum atomic E-state index is -0.702. The maximum Gasteiger partial charge on any atom is 0.251 e. The van der Waals surface area contributed by atoms with Crippen LogP contribution in [-0.4, -0.2) is 46.3 Å². The van der Waals surface area contributed by atoms with Crippen LogP contribution in [0.1, 0.15) is 24.2 Å². The third kappa shape index (κ3) is 4.54. The fourth-order valence-electron chi connectivity index (χ4n) is 1.87. The van der Waals surface area contributed by atoms with Gasteiger partial charge in [0.15, 0.2) is 0 Å². The van der Waals surface area contributed by atoms with Crippen molar-refractivity contribution in [2.24, 2.45) is 5.92 Å². The van der Waals surface area contributed by atoms with Crippen molar-refractivity contribution in [3.05, 3.63) is 36.4 Å². The van der Waals surface area contributed by atoms with E-state index < -0.39 is 6.10 Å². The summed E-state index contributed by atoms with van der Waals surface area (Å²) in [5.74, 6) is 0.204. The predicted molar refractivity (Wildman–Crippen MR) is 79.2 cm³/mol. The molecule has 6 heteroatoms. The normalized spacial score (nSPS) is 12.8. The highest BCUT2D eigenvalue weighted by Gasteiger charge is 2.10. The van der Waals surface area contributed by atoms with Gasteiger partial charge in [0.1, 0.15) is 0 Å². The van der Waals surface area contributed by atoms with Crippen LogP contribution in [0.4, 0.5) is 0 Å². The molecule has 21 heavy (non-hydrogen) atoms. The number of aliphatic hydroxyl groups excluding tert-OH is 1. The fraction of sp³-hybridized carbons (Fsp3) is 0.467. The van der Waals surface area contributed by atoms with Crippen molar-refractivity contribution in [2.45, 2.75) is 20.0 Å². The van der Waals surface area contributed by atoms with E-state index in [0.717, 1.165) is 5.52 Å². The number of aromatic nitrogens is 2. The van der Waals surface area contributed by atoms with Crippen molar-refractivity contribution < 1.29 is 14.6 Å². The molecule has 2 aromatic rings. The average molecular weight is 291 g/mol. The Morgan fingerprint density at radius 2 is 2.29 bits per heavy atom. The Balaban J connectivity index is 1.81. The largest absolute Gasteiger partial charge is 0.389 e. The van der Waals surface area contributed by atoms with E-state index in [1.54, 1.807) is 30.9 Å². The summed E-state index contributed by atoms with van der Waals surface area (Å²) in [4.78, 5) is 16.0. The van der Waals surface area contributed by atoms with Gasteiger partial charge in [0.05, 0.1) is 30.8 Å². The molecule has 0 aliphatic carbocycles. The average Bonchev–Trinajstić information content (AvgIpc) is 2.91. The first-order valence-electron chi connectivity index (χ1n) is 7.02. The van der Waals surface area contributed by atoms with Crippen LogP contribution in [0.25, 0.3) is 5.52 Å². The van der Waals surface area contributed by atoms with Gasteiger partial charge in [-0.3, -0.25) is 4.79 Å². The second-order valence-electron chi connectivity index (χ2n) is 5.44. The standard InChI is InChI=1S/C15H21N3O3/c1-11(2)8-21-9-14(19)7-17-15(20)12-3-4-18-10-16-6-13(18)5-12/h3-6,10-11,14,19H,7-9H2,1-2H3,(H,17,20). The number of carbonyl (C=O) groups is 1. The van der Waals surface area contributed by atoms with Gasteiger partial charge in [0, 0.05) is 24.9 Å². The summed E-state index contributed by atoms with van der Waals surface area (Å²) in [5.41, 5.74) is 1.39. The second kappa shape index (κ2) is 7.19. The van der Waals surface area contributed by atoms with E-state index in [1.165, 1.54) is 0 Å². The first-order valence-corrected chi connectivity index (χ1v) is 7.02. The molecule has 2 N–H and O–H groups in total. The number of pyridine rings is 1. The molecule has 2 rings (SSSR count). The molecule has 114 valence electrons. The number of rotatable bonds is 7. The van der Waals surface area contributed by atoms with E-state index in [2.05, 4.69) is 10.3 Å². The number of fused-ring (bicyclic) bond motifs is 1. The summed E-state index contributed by atoms with van der Waals surface area (Å²) in [7, 11) is 0. The summed E-state index contributed by atoms with van der Waals surface area (Å²) in [5, 5.41) is 12.4. The van der Waals surface area contributed by atoms with Crippen LogP contribution in [0.2, 0.25) is 0 Å². The molecule has 0 saturated heterocycles. The molecular weight excluding hydrogens is 270 g/mol. The predicted octanol–water partition coefficient (Wildman–Crippen LogP) is 1.10. The molecule has 2 aromatic heterocycles. The number of amides is 1. The van der Waals surface area contributed by atoms with E-state index in [0.29, 0.717) is 18.1 Å². The van der Waals surface area contributed by atoms with Gasteiger partial charge in [0.2, 0.25) is 0 Å². The third-order valence-electron chi connectivity index (χ3n) is 2.94. The molecular formula is C15H21N3O3. The van der Waals surface area contributed by atoms with Gasteiger partial charge < -0.3 is 19.6 Å². The van der Waals surface area contributed by atoms with E-state index in [4.69, 9.17) is 4.74 Å². The first kappa shape index (κ1) is 15.5. The number of hydrogen-bond donors (Lipinski definition) is 2. The van der Waals surface area contributed by atoms with Crippen LogP contribution in [0.5, 0.6) is 0 Å². The van der Waals surface area contributed by atoms with Crippen LogP contribution in [0, 0.1) is 5.92 Å². The zero-order valence-electron chi connectivity index (χ0n) is 12.3. The smallest absolute Gasteiger partial charge is 0.251 e. The molecule has 0 radical (unpaired) electrons. The number of nitrogens with one attached hydrogen (secondary N) is 1. The van der Waals surface area contributed by atoms with E-state index in [1.807, 2.05) is 18.2 Å². The van der Waals surface area contributed by atoms with Crippen LogP contribution in [0.3, 0.4) is 0 Å². The molecule has 0 fully saturated rings. The lowest BCUT2D eigenvalue weighted by atomic mass is 10.2. The van der Waals surface area contributed by atoms with Gasteiger partial charge in [-0.25, -0.2) is 4.98 Å². The van der Waals surface area contributed by atoms with Gasteiger partial charge in [-0.1, -0.05) is 13.8 Å². The molecule has 6 nitrogen and oxygen atoms in total. The van der Waals surface area contributed by atoms with E-state index in [9.17, 15) is 9.90 Å². The molecule has 1 unspecified atom stereocenters. The summed E-state index contributed by atoms with van der Waals surface area (Å²) in [6, 6.07) is 3.47. The number of imidazole rings is 1. The van der Waals surface area contributed by atoms with Gasteiger partial charge in [-0.2, -0.15) is 0 Å². The van der Waals surface area contributed by atoms with Gasteiger partial charge in [-0.05, 0) is 18.1 Å². The van der Waals surface area contributed by atoms with Crippen molar-refractivity contribution in [2.75, 3.05) is 19.8 Å². The van der Waals surface area contributed by atoms with E-state index >= 15 is 0 Å². The number of hydrogen-bond acceptors (Lipinski definition) is 4. The van der Waals surface area contributed by atoms with Crippen LogP contribution < -0.4 is 5.32 Å². The minimum Gasteiger partial charge on any atom is -0.389 e. The quantitative estimate of drug-likeness (QED) is 0.801. The van der Waals surface area contributed by atoms with Crippen molar-refractivity contribution in [1.82, 2.24) is 14.7 Å². The zero-order chi connectivity index (χ0) is 15.2. The highest BCUT2D eigenvalue weighted by molar-refractivity contribution is 5.95. The number of carbonyl (C=O) groups excluding carboxylic acids is 1. The van der Waals surface area contributed by atoms with Crippen LogP contribution in [-0.2, 0) is 4.74 Å². The molecule has 0 aromatic carbocycles. The molecule has 0 bridgehead atoms. The molecule has 0 saturated carbocycles. The lowest BCUT2D eigenvalue weighted by Gasteiger charge is -2.13. The Morgan fingerprint density at radius 1 is 1.48 bits per heavy atom. The maximum absolute atomic E-state index is 12.0. The SMILES string of the molecule is CC(C)COCC(O)CNC(=O)c1ccn2cncc2c1. The molecule has 1 atom stereocenters. The highest BCUT2D eigenvalue weighted by atomic mass is 16.5. The Morgan fingerprint density at radius 3 is 3.05 bits per heavy atom. The lowest BCUT2D eigenvalue weighted by molar-refractivity contribution is 0.0259. The van der Waals surface area contributed by atoms with Gasteiger partial charge in [-0.15, -0.1) is 0 Å². The van der Waals surface area contributed by atoms with E-state index in [-0.39, 0.29) is 19.1 Å². The monoisotopic (exact) mass is 291 g/mol. The van der Waals surface area contributed by atoms with Crippen molar-refractivity contribution in [3.63, 3.8) is 0 Å². The Hall–Kier alpha value is -1.92. The molecule has 2 heterocycles. The first-order chi connectivity index (χ1) is 10.1. The summed E-state index contributed by atoms with van der Waals surface area (Å²) in [6.45, 7) is 5.08. The van der Waals surface area contributed by atoms with Gasteiger partial charge in [0.25, 0.3) is 5.91 Å². The maximum atomic E-state index is 12.0. The zero-order valence-corrected chi connectivity index (χ0v) is 12.3.